The molecule has 16 heavy (non-hydrogen) atoms. The van der Waals surface area contributed by atoms with Crippen molar-refractivity contribution < 1.29 is 42.0 Å². The van der Waals surface area contributed by atoms with Gasteiger partial charge in [0.2, 0.25) is 0 Å². The van der Waals surface area contributed by atoms with Crippen molar-refractivity contribution in [2.24, 2.45) is 0 Å². The van der Waals surface area contributed by atoms with E-state index < -0.39 is 0 Å². The molecule has 0 aliphatic carbocycles. The number of hydrogen-bond acceptors (Lipinski definition) is 1. The maximum Gasteiger partial charge on any atom is 3.00 e. The molecule has 0 fully saturated rings. The summed E-state index contributed by atoms with van der Waals surface area (Å²) in [6.07, 6.45) is 0.895. The largest absolute Gasteiger partial charge is 3.00 e. The van der Waals surface area contributed by atoms with E-state index >= 15 is 0 Å². The number of rotatable bonds is 1. The van der Waals surface area contributed by atoms with Crippen LogP contribution in [0.3, 0.4) is 0 Å². The van der Waals surface area contributed by atoms with Crippen LogP contribution in [0.1, 0.15) is 27.0 Å². The zero-order valence-corrected chi connectivity index (χ0v) is 14.2. The summed E-state index contributed by atoms with van der Waals surface area (Å²) in [5, 5.41) is 0. The minimum absolute atomic E-state index is 0. The summed E-state index contributed by atoms with van der Waals surface area (Å²) in [5.74, 6) is 0. The third kappa shape index (κ3) is 5.40. The quantitative estimate of drug-likeness (QED) is 0.360. The van der Waals surface area contributed by atoms with Gasteiger partial charge in [0.15, 0.2) is 0 Å². The van der Waals surface area contributed by atoms with E-state index in [1.807, 2.05) is 26.8 Å². The smallest absolute Gasteiger partial charge is 1.00 e. The molecule has 0 aromatic heterocycles. The Labute approximate surface area is 134 Å². The molecule has 1 rings (SSSR count). The van der Waals surface area contributed by atoms with Crippen LogP contribution >= 0.6 is 15.9 Å². The number of aryl methyl sites for hydroxylation is 1. The van der Waals surface area contributed by atoms with Crippen molar-refractivity contribution in [3.8, 4) is 0 Å². The van der Waals surface area contributed by atoms with E-state index in [2.05, 4.69) is 15.9 Å². The Morgan fingerprint density at radius 2 is 1.50 bits per heavy atom. The predicted octanol–water partition coefficient (Wildman–Crippen LogP) is -6.18. The molecule has 0 unspecified atom stereocenters. The van der Waals surface area contributed by atoms with Crippen molar-refractivity contribution in [1.82, 2.24) is 0 Å². The molecule has 88 valence electrons. The fourth-order valence-corrected chi connectivity index (χ4v) is 1.69. The Kier molecular flexibility index (Phi) is 17.4. The van der Waals surface area contributed by atoms with Crippen LogP contribution in [0.2, 0.25) is 0 Å². The summed E-state index contributed by atoms with van der Waals surface area (Å²) in [6.45, 7) is 5.99. The summed E-state index contributed by atoms with van der Waals surface area (Å²) in [4.78, 5) is 10.6. The van der Waals surface area contributed by atoms with Gasteiger partial charge in [0, 0.05) is 10.0 Å². The summed E-state index contributed by atoms with van der Waals surface area (Å²) in [7, 11) is 0. The Hall–Kier alpha value is 0.772. The van der Waals surface area contributed by atoms with Crippen LogP contribution in [0.15, 0.2) is 10.5 Å². The average molecular weight is 360 g/mol. The van der Waals surface area contributed by atoms with Gasteiger partial charge in [0.25, 0.3) is 0 Å². The second-order valence-corrected chi connectivity index (χ2v) is 3.76. The summed E-state index contributed by atoms with van der Waals surface area (Å²) in [6, 6.07) is 1.92. The number of carbonyl (C=O) groups is 1. The van der Waals surface area contributed by atoms with Gasteiger partial charge in [-0.1, -0.05) is 15.9 Å². The number of carbonyl (C=O) groups excluding carboxylic acids is 1. The van der Waals surface area contributed by atoms with Gasteiger partial charge in [-0.15, -0.1) is 0 Å². The second kappa shape index (κ2) is 10.9. The number of halogens is 4. The van der Waals surface area contributed by atoms with Crippen LogP contribution in [0.5, 0.6) is 0 Å². The summed E-state index contributed by atoms with van der Waals surface area (Å²) < 4.78 is 1.05. The van der Waals surface area contributed by atoms with Gasteiger partial charge in [0.1, 0.15) is 6.29 Å². The molecule has 0 aliphatic rings. The van der Waals surface area contributed by atoms with Crippen molar-refractivity contribution in [1.29, 1.82) is 0 Å². The van der Waals surface area contributed by atoms with E-state index in [0.29, 0.717) is 0 Å². The molecule has 0 heterocycles. The molecule has 0 bridgehead atoms. The van der Waals surface area contributed by atoms with Gasteiger partial charge in [-0.3, -0.25) is 4.79 Å². The van der Waals surface area contributed by atoms with Crippen LogP contribution in [0, 0.1) is 20.8 Å². The maximum absolute atomic E-state index is 10.6. The summed E-state index contributed by atoms with van der Waals surface area (Å²) >= 11 is 3.46. The SMILES string of the molecule is Cc1cc(C=O)c(C)c(Br)c1C.[Al+3].[Cl-].[Cl-].[Cl-]. The van der Waals surface area contributed by atoms with Crippen molar-refractivity contribution in [2.45, 2.75) is 20.8 Å². The molecule has 0 saturated carbocycles. The number of aldehydes is 1. The van der Waals surface area contributed by atoms with E-state index in [1.54, 1.807) is 0 Å². The molecule has 0 radical (unpaired) electrons. The average Bonchev–Trinajstić information content (AvgIpc) is 2.08. The first-order valence-corrected chi connectivity index (χ1v) is 4.58. The fourth-order valence-electron chi connectivity index (χ4n) is 1.15. The molecule has 0 spiro atoms. The third-order valence-corrected chi connectivity index (χ3v) is 3.37. The monoisotopic (exact) mass is 358 g/mol. The number of benzene rings is 1. The van der Waals surface area contributed by atoms with Crippen LogP contribution in [-0.4, -0.2) is 23.6 Å². The Balaban J connectivity index is -0.000000180. The van der Waals surface area contributed by atoms with Crippen LogP contribution in [-0.2, 0) is 0 Å². The zero-order chi connectivity index (χ0) is 9.30. The predicted molar refractivity (Wildman–Crippen MR) is 59.5 cm³/mol. The molecular weight excluding hydrogens is 349 g/mol. The second-order valence-electron chi connectivity index (χ2n) is 2.96. The first-order valence-electron chi connectivity index (χ1n) is 3.79. The molecule has 1 aromatic rings. The normalized spacial score (nSPS) is 7.50. The van der Waals surface area contributed by atoms with Crippen molar-refractivity contribution in [3.63, 3.8) is 0 Å². The molecule has 0 saturated heterocycles. The minimum atomic E-state index is 0. The van der Waals surface area contributed by atoms with Gasteiger partial charge in [-0.2, -0.15) is 0 Å². The molecular formula is C10H11AlBrCl3O. The van der Waals surface area contributed by atoms with Crippen molar-refractivity contribution in [2.75, 3.05) is 0 Å². The molecule has 1 nitrogen and oxygen atoms in total. The molecule has 0 amide bonds. The zero-order valence-electron chi connectivity index (χ0n) is 9.15. The summed E-state index contributed by atoms with van der Waals surface area (Å²) in [5.41, 5.74) is 4.14. The Bertz CT molecular complexity index is 345. The standard InChI is InChI=1S/C10H11BrO.Al.3ClH/c1-6-4-9(5-12)8(3)10(11)7(6)2;;;;/h4-5H,1-3H3;;3*1H/q;+3;;;/p-3. The fraction of sp³-hybridized carbons (Fsp3) is 0.300. The van der Waals surface area contributed by atoms with Gasteiger partial charge >= 0.3 is 17.4 Å². The van der Waals surface area contributed by atoms with Crippen LogP contribution in [0.4, 0.5) is 0 Å². The van der Waals surface area contributed by atoms with Crippen molar-refractivity contribution >= 4 is 39.6 Å². The Morgan fingerprint density at radius 1 is 1.06 bits per heavy atom. The third-order valence-electron chi connectivity index (χ3n) is 2.18. The maximum atomic E-state index is 10.6. The van der Waals surface area contributed by atoms with Crippen LogP contribution in [0.25, 0.3) is 0 Å². The molecule has 0 N–H and O–H groups in total. The van der Waals surface area contributed by atoms with E-state index in [1.165, 1.54) is 5.56 Å². The first-order chi connectivity index (χ1) is 5.57. The van der Waals surface area contributed by atoms with Crippen molar-refractivity contribution in [3.05, 3.63) is 32.8 Å². The molecule has 6 heteroatoms. The van der Waals surface area contributed by atoms with Gasteiger partial charge in [0.05, 0.1) is 0 Å². The van der Waals surface area contributed by atoms with Crippen LogP contribution < -0.4 is 37.2 Å². The Morgan fingerprint density at radius 3 is 1.88 bits per heavy atom. The van der Waals surface area contributed by atoms with E-state index in [-0.39, 0.29) is 54.6 Å². The van der Waals surface area contributed by atoms with Gasteiger partial charge < -0.3 is 37.2 Å². The minimum Gasteiger partial charge on any atom is -1.00 e. The molecule has 1 aromatic carbocycles. The van der Waals surface area contributed by atoms with E-state index in [4.69, 9.17) is 0 Å². The van der Waals surface area contributed by atoms with E-state index in [0.717, 1.165) is 27.4 Å². The first kappa shape index (κ1) is 25.6. The molecule has 0 aliphatic heterocycles. The van der Waals surface area contributed by atoms with E-state index in [9.17, 15) is 4.79 Å². The topological polar surface area (TPSA) is 17.1 Å². The van der Waals surface area contributed by atoms with Gasteiger partial charge in [-0.05, 0) is 43.5 Å². The van der Waals surface area contributed by atoms with Gasteiger partial charge in [-0.25, -0.2) is 0 Å². The number of hydrogen-bond donors (Lipinski definition) is 0. The molecule has 0 atom stereocenters.